The van der Waals surface area contributed by atoms with Crippen molar-refractivity contribution in [3.63, 3.8) is 0 Å². The fourth-order valence-corrected chi connectivity index (χ4v) is 5.64. The number of nitrogens with zero attached hydrogens (tertiary/aromatic N) is 4. The number of pyridine rings is 1. The van der Waals surface area contributed by atoms with Gasteiger partial charge in [-0.1, -0.05) is 12.1 Å². The second-order valence-electron chi connectivity index (χ2n) is 8.81. The average molecular weight is 539 g/mol. The molecule has 9 nitrogen and oxygen atoms in total. The molecule has 1 aliphatic heterocycles. The van der Waals surface area contributed by atoms with Crippen LogP contribution < -0.4 is 4.74 Å². The Hall–Kier alpha value is -3.48. The van der Waals surface area contributed by atoms with Gasteiger partial charge in [-0.05, 0) is 44.9 Å². The first-order valence-corrected chi connectivity index (χ1v) is 12.8. The van der Waals surface area contributed by atoms with E-state index < -0.39 is 47.5 Å². The molecule has 1 aliphatic rings. The van der Waals surface area contributed by atoms with Crippen molar-refractivity contribution in [2.75, 3.05) is 13.2 Å². The van der Waals surface area contributed by atoms with Crippen LogP contribution in [0.15, 0.2) is 41.7 Å². The van der Waals surface area contributed by atoms with E-state index in [1.165, 1.54) is 28.7 Å². The normalized spacial score (nSPS) is 17.6. The number of halogens is 3. The maximum atomic E-state index is 13.7. The van der Waals surface area contributed by atoms with Gasteiger partial charge in [-0.2, -0.15) is 13.2 Å². The maximum Gasteiger partial charge on any atom is 0.422 e. The van der Waals surface area contributed by atoms with Gasteiger partial charge in [0.2, 0.25) is 5.16 Å². The molecule has 1 N–H and O–H groups in total. The van der Waals surface area contributed by atoms with E-state index in [-0.39, 0.29) is 22.4 Å². The number of carbonyl (C=O) groups is 2. The highest BCUT2D eigenvalue weighted by atomic mass is 32.2. The quantitative estimate of drug-likeness (QED) is 0.481. The minimum Gasteiger partial charge on any atom is -0.484 e. The van der Waals surface area contributed by atoms with Gasteiger partial charge in [0.1, 0.15) is 5.75 Å². The molecule has 1 saturated heterocycles. The van der Waals surface area contributed by atoms with Crippen LogP contribution in [0.1, 0.15) is 31.0 Å². The second kappa shape index (κ2) is 10.5. The van der Waals surface area contributed by atoms with Gasteiger partial charge in [-0.25, -0.2) is 14.3 Å². The molecule has 1 unspecified atom stereocenters. The molecule has 0 saturated carbocycles. The highest BCUT2D eigenvalue weighted by Gasteiger charge is 2.38. The first kappa shape index (κ1) is 26.6. The van der Waals surface area contributed by atoms with Crippen LogP contribution >= 0.6 is 0 Å². The van der Waals surface area contributed by atoms with E-state index in [0.29, 0.717) is 36.0 Å². The summed E-state index contributed by atoms with van der Waals surface area (Å²) in [5, 5.41) is 9.44. The second-order valence-corrected chi connectivity index (χ2v) is 10.2. The predicted octanol–water partition coefficient (Wildman–Crippen LogP) is 4.14. The first-order chi connectivity index (χ1) is 17.5. The van der Waals surface area contributed by atoms with Crippen molar-refractivity contribution < 1.29 is 36.8 Å². The monoisotopic (exact) mass is 538 g/mol. The minimum absolute atomic E-state index is 0.0357. The first-order valence-electron chi connectivity index (χ1n) is 11.5. The van der Waals surface area contributed by atoms with Crippen molar-refractivity contribution in [3.05, 3.63) is 47.8 Å². The zero-order valence-electron chi connectivity index (χ0n) is 20.1. The van der Waals surface area contributed by atoms with E-state index in [9.17, 15) is 32.1 Å². The van der Waals surface area contributed by atoms with Crippen molar-refractivity contribution in [3.8, 4) is 5.75 Å². The Morgan fingerprint density at radius 3 is 2.70 bits per heavy atom. The molecular formula is C24H25F3N4O5S. The molecule has 13 heteroatoms. The lowest BCUT2D eigenvalue weighted by atomic mass is 10.0. The number of benzene rings is 1. The number of para-hydroxylation sites is 2. The fourth-order valence-electron chi connectivity index (χ4n) is 4.39. The molecule has 37 heavy (non-hydrogen) atoms. The molecule has 2 aromatic heterocycles. The number of aliphatic carboxylic acids is 1. The molecule has 3 heterocycles. The molecule has 3 aromatic rings. The summed E-state index contributed by atoms with van der Waals surface area (Å²) in [6, 6.07) is 6.98. The van der Waals surface area contributed by atoms with Crippen LogP contribution in [0.5, 0.6) is 5.75 Å². The zero-order valence-corrected chi connectivity index (χ0v) is 20.9. The standard InChI is InChI=1S/C24H25F3N4O5S/c1-14-17(28-10-9-20(14)36-13-24(25,26)27)12-37(35)22-29-16-6-3-4-7-19(16)31(22)23(34)30-11-5-8-18(30)15(2)21(32)33/h3-4,6-7,9-10,15,18H,5,8,11-13H2,1-2H3,(H,32,33)/t15?,18-,37+/m0/s1. The zero-order chi connectivity index (χ0) is 26.9. The number of imidazole rings is 1. The van der Waals surface area contributed by atoms with Crippen molar-refractivity contribution in [2.24, 2.45) is 5.92 Å². The number of carboxylic acid groups (broad SMARTS) is 1. The molecule has 1 aromatic carbocycles. The summed E-state index contributed by atoms with van der Waals surface area (Å²) >= 11 is 0. The van der Waals surface area contributed by atoms with Crippen molar-refractivity contribution in [1.29, 1.82) is 0 Å². The number of alkyl halides is 3. The Labute approximate surface area is 212 Å². The van der Waals surface area contributed by atoms with Gasteiger partial charge in [0.05, 0.1) is 39.2 Å². The van der Waals surface area contributed by atoms with Gasteiger partial charge in [0.15, 0.2) is 6.61 Å². The fraction of sp³-hybridized carbons (Fsp3) is 0.417. The van der Waals surface area contributed by atoms with Crippen LogP contribution in [0.4, 0.5) is 18.0 Å². The Balaban J connectivity index is 1.67. The minimum atomic E-state index is -4.52. The summed E-state index contributed by atoms with van der Waals surface area (Å²) in [7, 11) is -1.92. The summed E-state index contributed by atoms with van der Waals surface area (Å²) in [6.07, 6.45) is -2.10. The lowest BCUT2D eigenvalue weighted by Crippen LogP contribution is -2.44. The van der Waals surface area contributed by atoms with E-state index in [4.69, 9.17) is 4.74 Å². The smallest absolute Gasteiger partial charge is 0.422 e. The SMILES string of the molecule is Cc1c(OCC(F)(F)F)ccnc1C[S@@](=O)c1nc2ccccc2n1C(=O)N1CCC[C@H]1C(C)C(=O)O. The molecule has 1 fully saturated rings. The van der Waals surface area contributed by atoms with E-state index in [1.807, 2.05) is 0 Å². The summed E-state index contributed by atoms with van der Waals surface area (Å²) < 4.78 is 57.5. The maximum absolute atomic E-state index is 13.7. The van der Waals surface area contributed by atoms with Gasteiger partial charge in [-0.15, -0.1) is 0 Å². The third kappa shape index (κ3) is 5.60. The van der Waals surface area contributed by atoms with Crippen molar-refractivity contribution in [2.45, 2.75) is 49.8 Å². The van der Waals surface area contributed by atoms with Crippen LogP contribution in [0.3, 0.4) is 0 Å². The number of carboxylic acids is 1. The van der Waals surface area contributed by atoms with Crippen molar-refractivity contribution in [1.82, 2.24) is 19.4 Å². The number of likely N-dealkylation sites (tertiary alicyclic amines) is 1. The number of fused-ring (bicyclic) bond motifs is 1. The highest BCUT2D eigenvalue weighted by Crippen LogP contribution is 2.29. The number of carbonyl (C=O) groups excluding carboxylic acids is 1. The van der Waals surface area contributed by atoms with E-state index in [1.54, 1.807) is 31.2 Å². The third-order valence-electron chi connectivity index (χ3n) is 6.35. The van der Waals surface area contributed by atoms with Crippen LogP contribution in [0.25, 0.3) is 11.0 Å². The van der Waals surface area contributed by atoms with Gasteiger partial charge in [0, 0.05) is 24.3 Å². The summed E-state index contributed by atoms with van der Waals surface area (Å²) in [5.41, 5.74) is 1.37. The number of hydrogen-bond acceptors (Lipinski definition) is 6. The summed E-state index contributed by atoms with van der Waals surface area (Å²) in [6.45, 7) is 1.93. The van der Waals surface area contributed by atoms with Crippen LogP contribution in [0, 0.1) is 12.8 Å². The third-order valence-corrected chi connectivity index (χ3v) is 7.57. The molecule has 198 valence electrons. The van der Waals surface area contributed by atoms with E-state index in [0.717, 1.165) is 0 Å². The lowest BCUT2D eigenvalue weighted by Gasteiger charge is -2.28. The molecule has 3 atom stereocenters. The molecule has 4 rings (SSSR count). The van der Waals surface area contributed by atoms with E-state index in [2.05, 4.69) is 9.97 Å². The van der Waals surface area contributed by atoms with Crippen molar-refractivity contribution >= 4 is 33.8 Å². The number of aromatic nitrogens is 3. The Morgan fingerprint density at radius 1 is 1.27 bits per heavy atom. The molecule has 1 amide bonds. The molecule has 0 bridgehead atoms. The van der Waals surface area contributed by atoms with Gasteiger partial charge in [-0.3, -0.25) is 14.0 Å². The summed E-state index contributed by atoms with van der Waals surface area (Å²) in [4.78, 5) is 35.4. The predicted molar refractivity (Wildman–Crippen MR) is 128 cm³/mol. The van der Waals surface area contributed by atoms with E-state index >= 15 is 0 Å². The van der Waals surface area contributed by atoms with Gasteiger partial charge in [0.25, 0.3) is 0 Å². The van der Waals surface area contributed by atoms with Crippen LogP contribution in [-0.2, 0) is 21.3 Å². The molecule has 0 aliphatic carbocycles. The van der Waals surface area contributed by atoms with Crippen LogP contribution in [-0.4, -0.2) is 66.1 Å². The van der Waals surface area contributed by atoms with Crippen LogP contribution in [0.2, 0.25) is 0 Å². The largest absolute Gasteiger partial charge is 0.484 e. The Morgan fingerprint density at radius 2 is 2.00 bits per heavy atom. The molecule has 0 spiro atoms. The number of rotatable bonds is 7. The Kier molecular flexibility index (Phi) is 7.53. The lowest BCUT2D eigenvalue weighted by molar-refractivity contribution is -0.153. The number of hydrogen-bond donors (Lipinski definition) is 1. The van der Waals surface area contributed by atoms with Gasteiger partial charge < -0.3 is 14.7 Å². The molecular weight excluding hydrogens is 513 g/mol. The van der Waals surface area contributed by atoms with Gasteiger partial charge >= 0.3 is 18.2 Å². The topological polar surface area (TPSA) is 115 Å². The number of amides is 1. The highest BCUT2D eigenvalue weighted by molar-refractivity contribution is 7.84. The summed E-state index contributed by atoms with van der Waals surface area (Å²) in [5.74, 6) is -2.06. The Bertz CT molecular complexity index is 1360. The number of ether oxygens (including phenoxy) is 1. The molecule has 0 radical (unpaired) electrons. The average Bonchev–Trinajstić information content (AvgIpc) is 3.48.